The van der Waals surface area contributed by atoms with Crippen molar-refractivity contribution < 1.29 is 23.9 Å². The Morgan fingerprint density at radius 1 is 1.18 bits per heavy atom. The third kappa shape index (κ3) is 5.23. The Labute approximate surface area is 166 Å². The fraction of sp³-hybridized carbons (Fsp3) is 0.800. The highest BCUT2D eigenvalue weighted by atomic mass is 16.5. The molecule has 0 radical (unpaired) electrons. The molecule has 0 aromatic heterocycles. The first kappa shape index (κ1) is 22.2. The number of carbonyl (C=O) groups excluding carboxylic acids is 4. The monoisotopic (exact) mass is 395 g/mol. The van der Waals surface area contributed by atoms with Gasteiger partial charge in [0, 0.05) is 6.04 Å². The van der Waals surface area contributed by atoms with Crippen LogP contribution in [-0.4, -0.2) is 53.4 Å². The quantitative estimate of drug-likeness (QED) is 0.460. The molecule has 0 aromatic rings. The smallest absolute Gasteiger partial charge is 0.326 e. The fourth-order valence-corrected chi connectivity index (χ4v) is 4.24. The second-order valence-corrected chi connectivity index (χ2v) is 8.00. The third-order valence-corrected chi connectivity index (χ3v) is 5.71. The number of carbonyl (C=O) groups is 4. The Bertz CT molecular complexity index is 601. The molecule has 0 spiro atoms. The van der Waals surface area contributed by atoms with Crippen molar-refractivity contribution in [2.75, 3.05) is 13.2 Å². The van der Waals surface area contributed by atoms with E-state index in [1.54, 1.807) is 0 Å². The van der Waals surface area contributed by atoms with Gasteiger partial charge in [-0.2, -0.15) is 0 Å². The number of esters is 1. The fourth-order valence-electron chi connectivity index (χ4n) is 4.24. The van der Waals surface area contributed by atoms with Gasteiger partial charge in [0.1, 0.15) is 12.1 Å². The molecule has 2 atom stereocenters. The topological polar surface area (TPSA) is 105 Å². The molecule has 2 aliphatic rings. The number of ether oxygens (including phenoxy) is 1. The van der Waals surface area contributed by atoms with Gasteiger partial charge in [-0.3, -0.25) is 19.3 Å². The first-order chi connectivity index (χ1) is 13.3. The van der Waals surface area contributed by atoms with Gasteiger partial charge >= 0.3 is 12.0 Å². The lowest BCUT2D eigenvalue weighted by Crippen LogP contribution is -2.47. The molecule has 2 rings (SSSR count). The average molecular weight is 396 g/mol. The van der Waals surface area contributed by atoms with Gasteiger partial charge in [-0.15, -0.1) is 0 Å². The van der Waals surface area contributed by atoms with Crippen molar-refractivity contribution in [1.29, 1.82) is 0 Å². The Kier molecular flexibility index (Phi) is 7.83. The second kappa shape index (κ2) is 9.89. The molecular weight excluding hydrogens is 362 g/mol. The number of urea groups is 1. The maximum atomic E-state index is 12.7. The lowest BCUT2D eigenvalue weighted by atomic mass is 9.86. The van der Waals surface area contributed by atoms with Crippen LogP contribution in [0.15, 0.2) is 0 Å². The van der Waals surface area contributed by atoms with Gasteiger partial charge in [-0.05, 0) is 31.6 Å². The molecule has 0 unspecified atom stereocenters. The summed E-state index contributed by atoms with van der Waals surface area (Å²) in [7, 11) is 0. The first-order valence-electron chi connectivity index (χ1n) is 10.4. The number of nitrogens with one attached hydrogen (secondary N) is 2. The molecule has 1 saturated heterocycles. The summed E-state index contributed by atoms with van der Waals surface area (Å²) < 4.78 is 5.00. The van der Waals surface area contributed by atoms with Crippen LogP contribution >= 0.6 is 0 Å². The van der Waals surface area contributed by atoms with Gasteiger partial charge < -0.3 is 15.4 Å². The summed E-state index contributed by atoms with van der Waals surface area (Å²) in [6.45, 7) is 5.11. The molecule has 1 heterocycles. The lowest BCUT2D eigenvalue weighted by Gasteiger charge is -2.29. The summed E-state index contributed by atoms with van der Waals surface area (Å²) in [5.74, 6) is -1.10. The molecule has 1 aliphatic heterocycles. The van der Waals surface area contributed by atoms with Gasteiger partial charge in [0.2, 0.25) is 0 Å². The maximum Gasteiger partial charge on any atom is 0.326 e. The number of rotatable bonds is 9. The van der Waals surface area contributed by atoms with Crippen LogP contribution in [0, 0.1) is 5.92 Å². The normalized spacial score (nSPS) is 24.0. The average Bonchev–Trinajstić information content (AvgIpc) is 2.87. The summed E-state index contributed by atoms with van der Waals surface area (Å²) in [4.78, 5) is 50.0. The van der Waals surface area contributed by atoms with E-state index in [0.29, 0.717) is 18.8 Å². The number of hydrogen-bond acceptors (Lipinski definition) is 5. The van der Waals surface area contributed by atoms with Crippen LogP contribution in [0.2, 0.25) is 0 Å². The molecule has 158 valence electrons. The molecule has 4 amide bonds. The molecule has 0 bridgehead atoms. The molecule has 28 heavy (non-hydrogen) atoms. The third-order valence-electron chi connectivity index (χ3n) is 5.71. The number of amides is 4. The maximum absolute atomic E-state index is 12.7. The highest BCUT2D eigenvalue weighted by Gasteiger charge is 2.50. The van der Waals surface area contributed by atoms with E-state index in [0.717, 1.165) is 37.0 Å². The van der Waals surface area contributed by atoms with Crippen molar-refractivity contribution in [3.8, 4) is 0 Å². The molecule has 2 fully saturated rings. The number of nitrogens with zero attached hydrogens (tertiary/aromatic N) is 1. The van der Waals surface area contributed by atoms with E-state index >= 15 is 0 Å². The van der Waals surface area contributed by atoms with Crippen molar-refractivity contribution in [3.05, 3.63) is 0 Å². The SMILES string of the molecule is CCCC1(CCC)NC(=O)N(CC(=O)OCC(=O)N[C@@H]2CCCC[C@@H]2C)C1=O. The largest absolute Gasteiger partial charge is 0.454 e. The Morgan fingerprint density at radius 2 is 1.82 bits per heavy atom. The van der Waals surface area contributed by atoms with Crippen molar-refractivity contribution in [2.45, 2.75) is 83.7 Å². The minimum Gasteiger partial charge on any atom is -0.454 e. The molecule has 1 saturated carbocycles. The van der Waals surface area contributed by atoms with Crippen LogP contribution in [0.5, 0.6) is 0 Å². The minimum absolute atomic E-state index is 0.106. The zero-order chi connectivity index (χ0) is 20.7. The zero-order valence-corrected chi connectivity index (χ0v) is 17.2. The van der Waals surface area contributed by atoms with E-state index in [1.807, 2.05) is 13.8 Å². The van der Waals surface area contributed by atoms with Gasteiger partial charge in [0.05, 0.1) is 0 Å². The van der Waals surface area contributed by atoms with Gasteiger partial charge in [-0.25, -0.2) is 4.79 Å². The molecule has 1 aliphatic carbocycles. The van der Waals surface area contributed by atoms with E-state index in [2.05, 4.69) is 17.6 Å². The zero-order valence-electron chi connectivity index (χ0n) is 17.2. The summed E-state index contributed by atoms with van der Waals surface area (Å²) in [5, 5.41) is 5.65. The van der Waals surface area contributed by atoms with Gasteiger partial charge in [0.15, 0.2) is 6.61 Å². The first-order valence-corrected chi connectivity index (χ1v) is 10.4. The van der Waals surface area contributed by atoms with E-state index < -0.39 is 36.6 Å². The number of hydrogen-bond donors (Lipinski definition) is 2. The Morgan fingerprint density at radius 3 is 2.43 bits per heavy atom. The molecule has 0 aromatic carbocycles. The Balaban J connectivity index is 1.84. The Hall–Kier alpha value is -2.12. The summed E-state index contributed by atoms with van der Waals surface area (Å²) >= 11 is 0. The second-order valence-electron chi connectivity index (χ2n) is 8.00. The van der Waals surface area contributed by atoms with Crippen molar-refractivity contribution >= 4 is 23.8 Å². The van der Waals surface area contributed by atoms with Crippen LogP contribution in [0.1, 0.15) is 72.1 Å². The predicted octanol–water partition coefficient (Wildman–Crippen LogP) is 2.12. The molecule has 8 nitrogen and oxygen atoms in total. The standard InChI is InChI=1S/C20H33N3O5/c1-4-10-20(11-5-2)18(26)23(19(27)22-20)12-17(25)28-13-16(24)21-15-9-7-6-8-14(15)3/h14-15H,4-13H2,1-3H3,(H,21,24)(H,22,27)/t14-,15+/m0/s1. The van der Waals surface area contributed by atoms with E-state index in [9.17, 15) is 19.2 Å². The van der Waals surface area contributed by atoms with Crippen LogP contribution < -0.4 is 10.6 Å². The van der Waals surface area contributed by atoms with Crippen molar-refractivity contribution in [3.63, 3.8) is 0 Å². The van der Waals surface area contributed by atoms with Crippen LogP contribution in [-0.2, 0) is 19.1 Å². The molecule has 2 N–H and O–H groups in total. The molecular formula is C20H33N3O5. The highest BCUT2D eigenvalue weighted by molar-refractivity contribution is 6.08. The van der Waals surface area contributed by atoms with E-state index in [-0.39, 0.29) is 11.9 Å². The van der Waals surface area contributed by atoms with Gasteiger partial charge in [0.25, 0.3) is 11.8 Å². The van der Waals surface area contributed by atoms with E-state index in [4.69, 9.17) is 4.74 Å². The van der Waals surface area contributed by atoms with Crippen molar-refractivity contribution in [1.82, 2.24) is 15.5 Å². The summed E-state index contributed by atoms with van der Waals surface area (Å²) in [6.07, 6.45) is 6.80. The van der Waals surface area contributed by atoms with Crippen LogP contribution in [0.25, 0.3) is 0 Å². The van der Waals surface area contributed by atoms with Crippen LogP contribution in [0.4, 0.5) is 4.79 Å². The molecule has 8 heteroatoms. The van der Waals surface area contributed by atoms with Crippen molar-refractivity contribution in [2.24, 2.45) is 5.92 Å². The number of imide groups is 1. The summed E-state index contributed by atoms with van der Waals surface area (Å²) in [5.41, 5.74) is -0.935. The predicted molar refractivity (Wildman–Crippen MR) is 103 cm³/mol. The highest BCUT2D eigenvalue weighted by Crippen LogP contribution is 2.28. The summed E-state index contributed by atoms with van der Waals surface area (Å²) in [6, 6.07) is -0.473. The van der Waals surface area contributed by atoms with E-state index in [1.165, 1.54) is 6.42 Å². The van der Waals surface area contributed by atoms with Crippen LogP contribution in [0.3, 0.4) is 0 Å². The van der Waals surface area contributed by atoms with Gasteiger partial charge in [-0.1, -0.05) is 46.5 Å². The lowest BCUT2D eigenvalue weighted by molar-refractivity contribution is -0.151. The minimum atomic E-state index is -0.935.